The van der Waals surface area contributed by atoms with Crippen molar-refractivity contribution in [3.63, 3.8) is 0 Å². The van der Waals surface area contributed by atoms with Crippen LogP contribution in [0.4, 0.5) is 0 Å². The minimum atomic E-state index is -4.78. The fourth-order valence-electron chi connectivity index (χ4n) is 1.69. The highest BCUT2D eigenvalue weighted by molar-refractivity contribution is 7.80. The van der Waals surface area contributed by atoms with Gasteiger partial charge in [0.1, 0.15) is 0 Å². The second-order valence-electron chi connectivity index (χ2n) is 4.46. The minimum absolute atomic E-state index is 0.0731. The first-order chi connectivity index (χ1) is 9.58. The van der Waals surface area contributed by atoms with Crippen molar-refractivity contribution in [1.29, 1.82) is 5.41 Å². The molecular formula is C10H23NO7P2S. The van der Waals surface area contributed by atoms with Crippen LogP contribution in [0, 0.1) is 5.41 Å². The summed E-state index contributed by atoms with van der Waals surface area (Å²) in [6, 6.07) is 0. The van der Waals surface area contributed by atoms with Gasteiger partial charge < -0.3 is 29.4 Å². The van der Waals surface area contributed by atoms with Gasteiger partial charge in [0.05, 0.1) is 0 Å². The van der Waals surface area contributed by atoms with Gasteiger partial charge in [-0.2, -0.15) is 12.6 Å². The van der Waals surface area contributed by atoms with Crippen molar-refractivity contribution in [2.45, 2.75) is 37.2 Å². The second-order valence-corrected chi connectivity index (χ2v) is 9.56. The number of aliphatic hydroxyl groups is 1. The Morgan fingerprint density at radius 1 is 1.14 bits per heavy atom. The molecule has 2 atom stereocenters. The molecule has 2 unspecified atom stereocenters. The van der Waals surface area contributed by atoms with E-state index in [2.05, 4.69) is 21.7 Å². The molecule has 0 spiro atoms. The maximum absolute atomic E-state index is 11.9. The van der Waals surface area contributed by atoms with Gasteiger partial charge in [-0.25, -0.2) is 0 Å². The van der Waals surface area contributed by atoms with E-state index in [1.54, 1.807) is 0 Å². The Balaban J connectivity index is 4.93. The average Bonchev–Trinajstić information content (AvgIpc) is 2.44. The van der Waals surface area contributed by atoms with E-state index in [-0.39, 0.29) is 12.8 Å². The third kappa shape index (κ3) is 5.44. The van der Waals surface area contributed by atoms with Gasteiger partial charge in [-0.15, -0.1) is 0 Å². The summed E-state index contributed by atoms with van der Waals surface area (Å²) >= 11 is 4.02. The molecule has 11 heteroatoms. The molecule has 0 aliphatic rings. The first kappa shape index (κ1) is 21.3. The summed E-state index contributed by atoms with van der Waals surface area (Å²) < 4.78 is 32.3. The highest BCUT2D eigenvalue weighted by Crippen LogP contribution is 2.73. The van der Waals surface area contributed by atoms with Crippen LogP contribution in [-0.4, -0.2) is 45.7 Å². The lowest BCUT2D eigenvalue weighted by Gasteiger charge is -2.32. The lowest BCUT2D eigenvalue weighted by molar-refractivity contribution is 0.109. The standard InChI is InChI=1S/C10H23NO7P2S/c1-17-19(13,14)10(12,20(15,16)18-2)7-3-5-9(11)6-4-8-21/h11-12,21H,3-8H2,1-2H3,(H,13,14)(H,15,16). The Morgan fingerprint density at radius 3 is 1.95 bits per heavy atom. The van der Waals surface area contributed by atoms with Gasteiger partial charge in [-0.1, -0.05) is 0 Å². The van der Waals surface area contributed by atoms with E-state index in [1.165, 1.54) is 0 Å². The highest BCUT2D eigenvalue weighted by Gasteiger charge is 2.60. The Hall–Kier alpha value is 0.280. The van der Waals surface area contributed by atoms with Gasteiger partial charge in [0.25, 0.3) is 5.08 Å². The molecule has 0 aromatic carbocycles. The van der Waals surface area contributed by atoms with E-state index >= 15 is 0 Å². The van der Waals surface area contributed by atoms with Gasteiger partial charge in [-0.05, 0) is 31.4 Å². The Kier molecular flexibility index (Phi) is 8.91. The van der Waals surface area contributed by atoms with Crippen LogP contribution in [0.15, 0.2) is 0 Å². The van der Waals surface area contributed by atoms with E-state index in [9.17, 15) is 24.0 Å². The summed E-state index contributed by atoms with van der Waals surface area (Å²) in [4.78, 5) is 19.2. The van der Waals surface area contributed by atoms with Crippen molar-refractivity contribution in [2.75, 3.05) is 20.0 Å². The molecular weight excluding hydrogens is 340 g/mol. The van der Waals surface area contributed by atoms with E-state index in [1.807, 2.05) is 0 Å². The molecule has 0 fully saturated rings. The van der Waals surface area contributed by atoms with Crippen LogP contribution in [0.5, 0.6) is 0 Å². The van der Waals surface area contributed by atoms with Crippen molar-refractivity contribution < 1.29 is 33.1 Å². The fraction of sp³-hybridized carbons (Fsp3) is 0.900. The van der Waals surface area contributed by atoms with Crippen LogP contribution < -0.4 is 0 Å². The molecule has 0 aromatic rings. The Labute approximate surface area is 129 Å². The summed E-state index contributed by atoms with van der Waals surface area (Å²) in [5.74, 6) is 0.636. The van der Waals surface area contributed by atoms with Crippen molar-refractivity contribution in [3.8, 4) is 0 Å². The largest absolute Gasteiger partial charge is 0.371 e. The summed E-state index contributed by atoms with van der Waals surface area (Å²) in [5.41, 5.74) is 0.377. The van der Waals surface area contributed by atoms with Crippen molar-refractivity contribution >= 4 is 33.5 Å². The normalized spacial score (nSPS) is 20.3. The summed E-state index contributed by atoms with van der Waals surface area (Å²) in [7, 11) is -7.85. The van der Waals surface area contributed by atoms with Crippen LogP contribution in [0.25, 0.3) is 0 Å². The van der Waals surface area contributed by atoms with Gasteiger partial charge >= 0.3 is 15.2 Å². The quantitative estimate of drug-likeness (QED) is 0.215. The van der Waals surface area contributed by atoms with Gasteiger partial charge in [-0.3, -0.25) is 9.13 Å². The van der Waals surface area contributed by atoms with Crippen molar-refractivity contribution in [3.05, 3.63) is 0 Å². The van der Waals surface area contributed by atoms with Crippen LogP contribution >= 0.6 is 27.8 Å². The molecule has 0 amide bonds. The van der Waals surface area contributed by atoms with E-state index in [0.29, 0.717) is 17.9 Å². The van der Waals surface area contributed by atoms with Gasteiger partial charge in [0.2, 0.25) is 0 Å². The number of nitrogens with one attached hydrogen (secondary N) is 1. The molecule has 0 saturated carbocycles. The molecule has 0 heterocycles. The summed E-state index contributed by atoms with van der Waals surface area (Å²) in [6.07, 6.45) is 1.04. The molecule has 0 aromatic heterocycles. The molecule has 4 N–H and O–H groups in total. The third-order valence-corrected chi connectivity index (χ3v) is 8.11. The van der Waals surface area contributed by atoms with E-state index in [0.717, 1.165) is 20.6 Å². The first-order valence-electron chi connectivity index (χ1n) is 6.24. The lowest BCUT2D eigenvalue weighted by atomic mass is 10.1. The first-order valence-corrected chi connectivity index (χ1v) is 10.0. The fourth-order valence-corrected chi connectivity index (χ4v) is 5.08. The zero-order valence-corrected chi connectivity index (χ0v) is 14.7. The third-order valence-electron chi connectivity index (χ3n) is 3.03. The maximum Gasteiger partial charge on any atom is 0.371 e. The van der Waals surface area contributed by atoms with Crippen LogP contribution in [0.1, 0.15) is 32.1 Å². The Bertz CT molecular complexity index is 421. The molecule has 8 nitrogen and oxygen atoms in total. The summed E-state index contributed by atoms with van der Waals surface area (Å²) in [5, 5.41) is 14.9. The van der Waals surface area contributed by atoms with Crippen LogP contribution in [0.3, 0.4) is 0 Å². The number of hydrogen-bond donors (Lipinski definition) is 5. The van der Waals surface area contributed by atoms with Gasteiger partial charge in [0, 0.05) is 26.4 Å². The molecule has 0 bridgehead atoms. The SMILES string of the molecule is COP(=O)(O)C(O)(CCCC(=N)CCCS)P(=O)(O)OC. The van der Waals surface area contributed by atoms with E-state index < -0.39 is 26.7 Å². The molecule has 0 radical (unpaired) electrons. The number of thiol groups is 1. The van der Waals surface area contributed by atoms with Gasteiger partial charge in [0.15, 0.2) is 0 Å². The van der Waals surface area contributed by atoms with Crippen LogP contribution in [-0.2, 0) is 18.2 Å². The molecule has 0 aliphatic heterocycles. The zero-order chi connectivity index (χ0) is 16.7. The lowest BCUT2D eigenvalue weighted by Crippen LogP contribution is -2.30. The molecule has 0 aliphatic carbocycles. The van der Waals surface area contributed by atoms with E-state index in [4.69, 9.17) is 5.41 Å². The molecule has 0 rings (SSSR count). The summed E-state index contributed by atoms with van der Waals surface area (Å²) in [6.45, 7) is 0. The van der Waals surface area contributed by atoms with Crippen molar-refractivity contribution in [2.24, 2.45) is 0 Å². The average molecular weight is 363 g/mol. The number of hydrogen-bond acceptors (Lipinski definition) is 7. The number of rotatable bonds is 11. The monoisotopic (exact) mass is 363 g/mol. The predicted octanol–water partition coefficient (Wildman–Crippen LogP) is 2.20. The zero-order valence-electron chi connectivity index (χ0n) is 12.1. The highest BCUT2D eigenvalue weighted by atomic mass is 32.1. The molecule has 21 heavy (non-hydrogen) atoms. The molecule has 0 saturated heterocycles. The topological polar surface area (TPSA) is 137 Å². The van der Waals surface area contributed by atoms with Crippen LogP contribution in [0.2, 0.25) is 0 Å². The van der Waals surface area contributed by atoms with Crippen molar-refractivity contribution in [1.82, 2.24) is 0 Å². The molecule has 126 valence electrons. The minimum Gasteiger partial charge on any atom is -0.368 e. The smallest absolute Gasteiger partial charge is 0.368 e. The second kappa shape index (κ2) is 8.79. The Morgan fingerprint density at radius 2 is 1.57 bits per heavy atom. The maximum atomic E-state index is 11.9. The predicted molar refractivity (Wildman–Crippen MR) is 83.3 cm³/mol.